The Labute approximate surface area is 131 Å². The summed E-state index contributed by atoms with van der Waals surface area (Å²) in [5.74, 6) is 0.188. The van der Waals surface area contributed by atoms with Crippen LogP contribution in [0.1, 0.15) is 37.3 Å². The van der Waals surface area contributed by atoms with Crippen molar-refractivity contribution in [1.82, 2.24) is 19.8 Å². The van der Waals surface area contributed by atoms with Crippen LogP contribution < -0.4 is 0 Å². The van der Waals surface area contributed by atoms with E-state index in [1.54, 1.807) is 13.1 Å². The normalized spacial score (nSPS) is 24.5. The molecule has 2 fully saturated rings. The second-order valence-electron chi connectivity index (χ2n) is 6.17. The third kappa shape index (κ3) is 3.44. The van der Waals surface area contributed by atoms with Gasteiger partial charge in [-0.15, -0.1) is 0 Å². The maximum atomic E-state index is 11.4. The predicted molar refractivity (Wildman–Crippen MR) is 82.3 cm³/mol. The van der Waals surface area contributed by atoms with Crippen LogP contribution >= 0.6 is 0 Å². The van der Waals surface area contributed by atoms with E-state index < -0.39 is 0 Å². The lowest BCUT2D eigenvalue weighted by atomic mass is 10.0. The number of rotatable bonds is 2. The topological polar surface area (TPSA) is 58.6 Å². The van der Waals surface area contributed by atoms with Crippen LogP contribution in [0.25, 0.3) is 0 Å². The SMILES string of the molecule is CC(=O)N1CCC(N2CCO[C@H](c3cnc(C)cn3)C2)CC1. The van der Waals surface area contributed by atoms with Gasteiger partial charge in [0.1, 0.15) is 6.10 Å². The summed E-state index contributed by atoms with van der Waals surface area (Å²) in [5.41, 5.74) is 1.84. The van der Waals surface area contributed by atoms with E-state index in [4.69, 9.17) is 4.74 Å². The fourth-order valence-corrected chi connectivity index (χ4v) is 3.29. The Morgan fingerprint density at radius 2 is 2.00 bits per heavy atom. The van der Waals surface area contributed by atoms with E-state index in [0.29, 0.717) is 6.04 Å². The van der Waals surface area contributed by atoms with Gasteiger partial charge >= 0.3 is 0 Å². The number of hydrogen-bond acceptors (Lipinski definition) is 5. The van der Waals surface area contributed by atoms with Crippen LogP contribution in [0.5, 0.6) is 0 Å². The molecule has 6 heteroatoms. The summed E-state index contributed by atoms with van der Waals surface area (Å²) >= 11 is 0. The lowest BCUT2D eigenvalue weighted by molar-refractivity contribution is -0.131. The number of hydrogen-bond donors (Lipinski definition) is 0. The number of nitrogens with zero attached hydrogens (tertiary/aromatic N) is 4. The maximum absolute atomic E-state index is 11.4. The van der Waals surface area contributed by atoms with Crippen molar-refractivity contribution < 1.29 is 9.53 Å². The summed E-state index contributed by atoms with van der Waals surface area (Å²) in [6, 6.07) is 0.542. The van der Waals surface area contributed by atoms with Crippen molar-refractivity contribution in [2.75, 3.05) is 32.8 Å². The van der Waals surface area contributed by atoms with Crippen LogP contribution in [0.4, 0.5) is 0 Å². The van der Waals surface area contributed by atoms with Crippen LogP contribution in [0.15, 0.2) is 12.4 Å². The summed E-state index contributed by atoms with van der Waals surface area (Å²) in [5, 5.41) is 0. The van der Waals surface area contributed by atoms with Gasteiger partial charge < -0.3 is 9.64 Å². The summed E-state index contributed by atoms with van der Waals surface area (Å²) in [4.78, 5) is 24.6. The molecule has 2 aliphatic rings. The second-order valence-corrected chi connectivity index (χ2v) is 6.17. The van der Waals surface area contributed by atoms with E-state index in [1.165, 1.54) is 0 Å². The molecule has 0 unspecified atom stereocenters. The number of aromatic nitrogens is 2. The molecule has 1 amide bonds. The minimum Gasteiger partial charge on any atom is -0.369 e. The molecule has 3 rings (SSSR count). The molecule has 0 bridgehead atoms. The Bertz CT molecular complexity index is 511. The van der Waals surface area contributed by atoms with Gasteiger partial charge in [0.05, 0.1) is 24.2 Å². The van der Waals surface area contributed by atoms with Crippen LogP contribution in [-0.4, -0.2) is 64.5 Å². The number of likely N-dealkylation sites (tertiary alicyclic amines) is 1. The second kappa shape index (κ2) is 6.71. The number of carbonyl (C=O) groups is 1. The fraction of sp³-hybridized carbons (Fsp3) is 0.688. The highest BCUT2D eigenvalue weighted by atomic mass is 16.5. The van der Waals surface area contributed by atoms with Crippen molar-refractivity contribution in [3.63, 3.8) is 0 Å². The molecule has 0 spiro atoms. The van der Waals surface area contributed by atoms with Gasteiger partial charge in [0.2, 0.25) is 5.91 Å². The third-order valence-electron chi connectivity index (χ3n) is 4.65. The van der Waals surface area contributed by atoms with Gasteiger partial charge in [-0.1, -0.05) is 0 Å². The minimum atomic E-state index is 0.00712. The van der Waals surface area contributed by atoms with Gasteiger partial charge in [-0.05, 0) is 19.8 Å². The lowest BCUT2D eigenvalue weighted by Gasteiger charge is -2.41. The average molecular weight is 304 g/mol. The van der Waals surface area contributed by atoms with Gasteiger partial charge in [-0.2, -0.15) is 0 Å². The Kier molecular flexibility index (Phi) is 4.69. The van der Waals surface area contributed by atoms with Crippen LogP contribution in [0.3, 0.4) is 0 Å². The molecule has 22 heavy (non-hydrogen) atoms. The van der Waals surface area contributed by atoms with Crippen molar-refractivity contribution in [1.29, 1.82) is 0 Å². The number of aryl methyl sites for hydroxylation is 1. The van der Waals surface area contributed by atoms with E-state index >= 15 is 0 Å². The van der Waals surface area contributed by atoms with E-state index in [2.05, 4.69) is 14.9 Å². The average Bonchev–Trinajstić information content (AvgIpc) is 2.56. The molecule has 2 saturated heterocycles. The molecule has 1 aromatic heterocycles. The molecule has 0 aliphatic carbocycles. The standard InChI is InChI=1S/C16H24N4O2/c1-12-9-18-15(10-17-12)16-11-20(7-8-22-16)14-3-5-19(6-4-14)13(2)21/h9-10,14,16H,3-8,11H2,1-2H3/t16-/m0/s1. The summed E-state index contributed by atoms with van der Waals surface area (Å²) in [6.45, 7) is 7.88. The third-order valence-corrected chi connectivity index (χ3v) is 4.65. The molecular formula is C16H24N4O2. The van der Waals surface area contributed by atoms with Crippen LogP contribution in [0, 0.1) is 6.92 Å². The molecule has 3 heterocycles. The first kappa shape index (κ1) is 15.4. The Hall–Kier alpha value is -1.53. The monoisotopic (exact) mass is 304 g/mol. The highest BCUT2D eigenvalue weighted by molar-refractivity contribution is 5.73. The van der Waals surface area contributed by atoms with Gasteiger partial charge in [-0.3, -0.25) is 19.7 Å². The molecule has 0 saturated carbocycles. The highest BCUT2D eigenvalue weighted by Gasteiger charge is 2.30. The molecule has 0 aromatic carbocycles. The van der Waals surface area contributed by atoms with Gasteiger partial charge in [0.15, 0.2) is 0 Å². The molecular weight excluding hydrogens is 280 g/mol. The largest absolute Gasteiger partial charge is 0.369 e. The van der Waals surface area contributed by atoms with E-state index in [1.807, 2.05) is 18.0 Å². The summed E-state index contributed by atoms with van der Waals surface area (Å²) in [6.07, 6.45) is 5.72. The summed E-state index contributed by atoms with van der Waals surface area (Å²) in [7, 11) is 0. The number of piperidine rings is 1. The predicted octanol–water partition coefficient (Wildman–Crippen LogP) is 1.17. The van der Waals surface area contributed by atoms with E-state index in [-0.39, 0.29) is 12.0 Å². The molecule has 1 aromatic rings. The lowest BCUT2D eigenvalue weighted by Crippen LogP contribution is -2.50. The van der Waals surface area contributed by atoms with Crippen LogP contribution in [0.2, 0.25) is 0 Å². The number of carbonyl (C=O) groups excluding carboxylic acids is 1. The molecule has 6 nitrogen and oxygen atoms in total. The number of ether oxygens (including phenoxy) is 1. The van der Waals surface area contributed by atoms with E-state index in [0.717, 1.165) is 57.0 Å². The Balaban J connectivity index is 1.59. The number of morpholine rings is 1. The Morgan fingerprint density at radius 1 is 1.23 bits per heavy atom. The molecule has 2 aliphatic heterocycles. The molecule has 0 radical (unpaired) electrons. The molecule has 120 valence electrons. The first-order chi connectivity index (χ1) is 10.6. The first-order valence-electron chi connectivity index (χ1n) is 8.03. The zero-order valence-electron chi connectivity index (χ0n) is 13.4. The zero-order valence-corrected chi connectivity index (χ0v) is 13.4. The van der Waals surface area contributed by atoms with E-state index in [9.17, 15) is 4.79 Å². The quantitative estimate of drug-likeness (QED) is 0.821. The van der Waals surface area contributed by atoms with Crippen molar-refractivity contribution in [3.8, 4) is 0 Å². The van der Waals surface area contributed by atoms with Gasteiger partial charge in [-0.25, -0.2) is 0 Å². The minimum absolute atomic E-state index is 0.00712. The van der Waals surface area contributed by atoms with Crippen molar-refractivity contribution in [2.45, 2.75) is 38.8 Å². The zero-order chi connectivity index (χ0) is 15.5. The first-order valence-corrected chi connectivity index (χ1v) is 8.03. The van der Waals surface area contributed by atoms with Crippen LogP contribution in [-0.2, 0) is 9.53 Å². The van der Waals surface area contributed by atoms with Crippen molar-refractivity contribution >= 4 is 5.91 Å². The number of amides is 1. The van der Waals surface area contributed by atoms with Crippen molar-refractivity contribution in [2.24, 2.45) is 0 Å². The molecule has 1 atom stereocenters. The highest BCUT2D eigenvalue weighted by Crippen LogP contribution is 2.25. The summed E-state index contributed by atoms with van der Waals surface area (Å²) < 4.78 is 5.88. The smallest absolute Gasteiger partial charge is 0.219 e. The fourth-order valence-electron chi connectivity index (χ4n) is 3.29. The molecule has 0 N–H and O–H groups in total. The maximum Gasteiger partial charge on any atom is 0.219 e. The Morgan fingerprint density at radius 3 is 2.64 bits per heavy atom. The van der Waals surface area contributed by atoms with Gasteiger partial charge in [0, 0.05) is 45.3 Å². The van der Waals surface area contributed by atoms with Gasteiger partial charge in [0.25, 0.3) is 0 Å². The van der Waals surface area contributed by atoms with Crippen molar-refractivity contribution in [3.05, 3.63) is 23.8 Å².